The molecule has 0 unspecified atom stereocenters. The van der Waals surface area contributed by atoms with Crippen molar-refractivity contribution in [2.24, 2.45) is 5.73 Å². The van der Waals surface area contributed by atoms with Crippen LogP contribution < -0.4 is 10.5 Å². The minimum Gasteiger partial charge on any atom is -0.486 e. The molecule has 2 aromatic carbocycles. The Morgan fingerprint density at radius 1 is 1.35 bits per heavy atom. The molecule has 2 N–H and O–H groups in total. The number of rotatable bonds is 4. The fourth-order valence-electron chi connectivity index (χ4n) is 1.62. The van der Waals surface area contributed by atoms with Gasteiger partial charge in [-0.15, -0.1) is 0 Å². The summed E-state index contributed by atoms with van der Waals surface area (Å²) < 4.78 is 19.1. The molecular weight excluding hydrogens is 349 g/mol. The van der Waals surface area contributed by atoms with Crippen molar-refractivity contribution in [3.63, 3.8) is 0 Å². The molecule has 0 atom stereocenters. The van der Waals surface area contributed by atoms with Gasteiger partial charge in [-0.05, 0) is 45.8 Å². The molecular formula is C14H10BrClFNO2. The molecule has 2 rings (SSSR count). The van der Waals surface area contributed by atoms with E-state index in [1.165, 1.54) is 24.3 Å². The molecule has 0 aliphatic carbocycles. The fourth-order valence-corrected chi connectivity index (χ4v) is 2.58. The second kappa shape index (κ2) is 6.24. The Hall–Kier alpha value is -1.59. The number of amides is 1. The Balaban J connectivity index is 2.20. The highest BCUT2D eigenvalue weighted by Gasteiger charge is 2.12. The molecule has 0 aliphatic rings. The van der Waals surface area contributed by atoms with E-state index >= 15 is 0 Å². The number of ether oxygens (including phenoxy) is 1. The summed E-state index contributed by atoms with van der Waals surface area (Å²) in [6, 6.07) is 9.02. The van der Waals surface area contributed by atoms with Crippen LogP contribution in [0.2, 0.25) is 5.02 Å². The van der Waals surface area contributed by atoms with Crippen LogP contribution >= 0.6 is 27.5 Å². The van der Waals surface area contributed by atoms with E-state index in [4.69, 9.17) is 22.1 Å². The normalized spacial score (nSPS) is 10.3. The lowest BCUT2D eigenvalue weighted by atomic mass is 10.2. The molecule has 0 radical (unpaired) electrons. The van der Waals surface area contributed by atoms with Gasteiger partial charge < -0.3 is 10.5 Å². The van der Waals surface area contributed by atoms with Gasteiger partial charge in [-0.3, -0.25) is 4.79 Å². The smallest absolute Gasteiger partial charge is 0.248 e. The maximum atomic E-state index is 13.1. The van der Waals surface area contributed by atoms with Gasteiger partial charge in [-0.2, -0.15) is 0 Å². The topological polar surface area (TPSA) is 52.3 Å². The second-order valence-electron chi connectivity index (χ2n) is 4.05. The molecule has 0 spiro atoms. The van der Waals surface area contributed by atoms with E-state index < -0.39 is 5.91 Å². The SMILES string of the molecule is NC(=O)c1cc(Cl)c(OCc2cccc(F)c2)c(Br)c1. The predicted octanol–water partition coefficient (Wildman–Crippen LogP) is 3.92. The highest BCUT2D eigenvalue weighted by molar-refractivity contribution is 9.10. The summed E-state index contributed by atoms with van der Waals surface area (Å²) in [4.78, 5) is 11.1. The average Bonchev–Trinajstić information content (AvgIpc) is 2.37. The van der Waals surface area contributed by atoms with Crippen molar-refractivity contribution in [2.75, 3.05) is 0 Å². The van der Waals surface area contributed by atoms with Crippen LogP contribution in [-0.4, -0.2) is 5.91 Å². The van der Waals surface area contributed by atoms with Gasteiger partial charge in [0, 0.05) is 5.56 Å². The molecule has 1 amide bonds. The summed E-state index contributed by atoms with van der Waals surface area (Å²) in [5.74, 6) is -0.537. The summed E-state index contributed by atoms with van der Waals surface area (Å²) >= 11 is 9.30. The second-order valence-corrected chi connectivity index (χ2v) is 5.31. The molecule has 104 valence electrons. The van der Waals surface area contributed by atoms with Gasteiger partial charge >= 0.3 is 0 Å². The van der Waals surface area contributed by atoms with E-state index in [0.717, 1.165) is 0 Å². The summed E-state index contributed by atoms with van der Waals surface area (Å²) in [6.07, 6.45) is 0. The molecule has 0 bridgehead atoms. The van der Waals surface area contributed by atoms with Crippen molar-refractivity contribution in [3.8, 4) is 5.75 Å². The predicted molar refractivity (Wildman–Crippen MR) is 78.4 cm³/mol. The summed E-state index contributed by atoms with van der Waals surface area (Å²) in [5, 5.41) is 0.254. The van der Waals surface area contributed by atoms with Crippen LogP contribution in [0.25, 0.3) is 0 Å². The number of hydrogen-bond donors (Lipinski definition) is 1. The van der Waals surface area contributed by atoms with Gasteiger partial charge in [0.2, 0.25) is 5.91 Å². The Kier molecular flexibility index (Phi) is 4.62. The lowest BCUT2D eigenvalue weighted by Crippen LogP contribution is -2.11. The number of nitrogens with two attached hydrogens (primary N) is 1. The summed E-state index contributed by atoms with van der Waals surface area (Å²) in [5.41, 5.74) is 6.13. The maximum absolute atomic E-state index is 13.1. The van der Waals surface area contributed by atoms with Crippen molar-refractivity contribution in [1.82, 2.24) is 0 Å². The third-order valence-electron chi connectivity index (χ3n) is 2.56. The zero-order chi connectivity index (χ0) is 14.7. The van der Waals surface area contributed by atoms with Gasteiger partial charge in [0.1, 0.15) is 12.4 Å². The molecule has 0 fully saturated rings. The Labute approximate surface area is 128 Å². The van der Waals surface area contributed by atoms with Crippen molar-refractivity contribution < 1.29 is 13.9 Å². The number of benzene rings is 2. The number of hydrogen-bond acceptors (Lipinski definition) is 2. The zero-order valence-corrected chi connectivity index (χ0v) is 12.5. The minimum absolute atomic E-state index is 0.159. The van der Waals surface area contributed by atoms with E-state index in [1.807, 2.05) is 0 Å². The largest absolute Gasteiger partial charge is 0.486 e. The van der Waals surface area contributed by atoms with Gasteiger partial charge in [0.05, 0.1) is 9.50 Å². The lowest BCUT2D eigenvalue weighted by Gasteiger charge is -2.11. The molecule has 0 aromatic heterocycles. The molecule has 20 heavy (non-hydrogen) atoms. The van der Waals surface area contributed by atoms with Gasteiger partial charge in [-0.25, -0.2) is 4.39 Å². The van der Waals surface area contributed by atoms with E-state index in [9.17, 15) is 9.18 Å². The van der Waals surface area contributed by atoms with Gasteiger partial charge in [0.15, 0.2) is 5.75 Å². The number of carbonyl (C=O) groups excluding carboxylic acids is 1. The molecule has 0 saturated heterocycles. The first kappa shape index (κ1) is 14.8. The van der Waals surface area contributed by atoms with E-state index in [-0.39, 0.29) is 23.0 Å². The lowest BCUT2D eigenvalue weighted by molar-refractivity contribution is 0.1000. The molecule has 2 aromatic rings. The van der Waals surface area contributed by atoms with Crippen molar-refractivity contribution in [3.05, 3.63) is 62.8 Å². The molecule has 0 heterocycles. The van der Waals surface area contributed by atoms with Crippen molar-refractivity contribution in [1.29, 1.82) is 0 Å². The first-order chi connectivity index (χ1) is 9.47. The highest BCUT2D eigenvalue weighted by Crippen LogP contribution is 2.35. The molecule has 6 heteroatoms. The Morgan fingerprint density at radius 3 is 2.70 bits per heavy atom. The fraction of sp³-hybridized carbons (Fsp3) is 0.0714. The quantitative estimate of drug-likeness (QED) is 0.900. The van der Waals surface area contributed by atoms with Gasteiger partial charge in [0.25, 0.3) is 0 Å². The van der Waals surface area contributed by atoms with Crippen LogP contribution in [0.3, 0.4) is 0 Å². The standard InChI is InChI=1S/C14H10BrClFNO2/c15-11-5-9(14(18)19)6-12(16)13(11)20-7-8-2-1-3-10(17)4-8/h1-6H,7H2,(H2,18,19). The van der Waals surface area contributed by atoms with E-state index in [2.05, 4.69) is 15.9 Å². The van der Waals surface area contributed by atoms with Crippen LogP contribution in [0, 0.1) is 5.82 Å². The van der Waals surface area contributed by atoms with Crippen molar-refractivity contribution in [2.45, 2.75) is 6.61 Å². The number of halogens is 3. The molecule has 3 nitrogen and oxygen atoms in total. The monoisotopic (exact) mass is 357 g/mol. The summed E-state index contributed by atoms with van der Waals surface area (Å²) in [7, 11) is 0. The van der Waals surface area contributed by atoms with Crippen LogP contribution in [0.15, 0.2) is 40.9 Å². The summed E-state index contributed by atoms with van der Waals surface area (Å²) in [6.45, 7) is 0.159. The first-order valence-corrected chi connectivity index (χ1v) is 6.80. The third-order valence-corrected chi connectivity index (χ3v) is 3.42. The van der Waals surface area contributed by atoms with E-state index in [1.54, 1.807) is 12.1 Å². The Bertz CT molecular complexity index is 640. The van der Waals surface area contributed by atoms with Crippen LogP contribution in [0.5, 0.6) is 5.75 Å². The maximum Gasteiger partial charge on any atom is 0.248 e. The van der Waals surface area contributed by atoms with Gasteiger partial charge in [-0.1, -0.05) is 23.7 Å². The molecule has 0 saturated carbocycles. The first-order valence-electron chi connectivity index (χ1n) is 5.63. The Morgan fingerprint density at radius 2 is 2.10 bits per heavy atom. The molecule has 0 aliphatic heterocycles. The van der Waals surface area contributed by atoms with Crippen molar-refractivity contribution >= 4 is 33.4 Å². The average molecular weight is 359 g/mol. The minimum atomic E-state index is -0.579. The highest BCUT2D eigenvalue weighted by atomic mass is 79.9. The number of carbonyl (C=O) groups is 1. The van der Waals surface area contributed by atoms with Crippen LogP contribution in [-0.2, 0) is 6.61 Å². The zero-order valence-electron chi connectivity index (χ0n) is 10.2. The van der Waals surface area contributed by atoms with Crippen LogP contribution in [0.1, 0.15) is 15.9 Å². The van der Waals surface area contributed by atoms with Crippen LogP contribution in [0.4, 0.5) is 4.39 Å². The third kappa shape index (κ3) is 3.49. The van der Waals surface area contributed by atoms with E-state index in [0.29, 0.717) is 15.8 Å². The number of primary amides is 1.